The summed E-state index contributed by atoms with van der Waals surface area (Å²) in [5, 5.41) is 11.1. The van der Waals surface area contributed by atoms with Crippen LogP contribution in [0.25, 0.3) is 10.6 Å². The molecule has 1 fully saturated rings. The normalized spacial score (nSPS) is 18.2. The first-order valence-corrected chi connectivity index (χ1v) is 9.54. The fourth-order valence-electron chi connectivity index (χ4n) is 2.96. The number of hydrogen-bond donors (Lipinski definition) is 1. The first kappa shape index (κ1) is 17.5. The van der Waals surface area contributed by atoms with Crippen LogP contribution in [0.1, 0.15) is 17.3 Å². The third-order valence-corrected chi connectivity index (χ3v) is 5.75. The van der Waals surface area contributed by atoms with Crippen molar-refractivity contribution in [1.82, 2.24) is 20.2 Å². The van der Waals surface area contributed by atoms with E-state index >= 15 is 0 Å². The predicted octanol–water partition coefficient (Wildman–Crippen LogP) is 3.83. The molecular formula is C17H19ClN4S2. The summed E-state index contributed by atoms with van der Waals surface area (Å²) in [6.45, 7) is 3.95. The summed E-state index contributed by atoms with van der Waals surface area (Å²) in [7, 11) is 0. The lowest BCUT2D eigenvalue weighted by atomic mass is 10.0. The summed E-state index contributed by atoms with van der Waals surface area (Å²) in [6.07, 6.45) is 3.75. The Bertz CT molecular complexity index is 745. The zero-order chi connectivity index (χ0) is 15.5. The molecule has 0 amide bonds. The summed E-state index contributed by atoms with van der Waals surface area (Å²) in [5.74, 6) is 0. The molecule has 0 aliphatic carbocycles. The number of hydrogen-bond acceptors (Lipinski definition) is 6. The van der Waals surface area contributed by atoms with Gasteiger partial charge < -0.3 is 5.32 Å². The minimum absolute atomic E-state index is 0. The number of nitrogens with zero attached hydrogens (tertiary/aromatic N) is 3. The molecule has 0 spiro atoms. The van der Waals surface area contributed by atoms with Gasteiger partial charge in [0.2, 0.25) is 0 Å². The highest BCUT2D eigenvalue weighted by Gasteiger charge is 2.24. The maximum absolute atomic E-state index is 4.83. The fraction of sp³-hybridized carbons (Fsp3) is 0.294. The van der Waals surface area contributed by atoms with Crippen LogP contribution in [0, 0.1) is 0 Å². The number of nitrogens with one attached hydrogen (secondary N) is 1. The Hall–Kier alpha value is -1.31. The molecule has 0 saturated carbocycles. The van der Waals surface area contributed by atoms with Gasteiger partial charge in [-0.3, -0.25) is 9.88 Å². The first-order chi connectivity index (χ1) is 11.4. The minimum Gasteiger partial charge on any atom is -0.314 e. The zero-order valence-electron chi connectivity index (χ0n) is 13.1. The van der Waals surface area contributed by atoms with Crippen LogP contribution in [0.3, 0.4) is 0 Å². The van der Waals surface area contributed by atoms with Crippen LogP contribution in [0.15, 0.2) is 46.7 Å². The molecular weight excluding hydrogens is 360 g/mol. The van der Waals surface area contributed by atoms with E-state index in [1.54, 1.807) is 22.7 Å². The predicted molar refractivity (Wildman–Crippen MR) is 103 cm³/mol. The van der Waals surface area contributed by atoms with Gasteiger partial charge in [0.1, 0.15) is 5.01 Å². The molecule has 1 unspecified atom stereocenters. The highest BCUT2D eigenvalue weighted by molar-refractivity contribution is 7.14. The van der Waals surface area contributed by atoms with E-state index in [4.69, 9.17) is 4.98 Å². The molecule has 24 heavy (non-hydrogen) atoms. The van der Waals surface area contributed by atoms with Crippen molar-refractivity contribution < 1.29 is 0 Å². The van der Waals surface area contributed by atoms with Crippen LogP contribution in [0.5, 0.6) is 0 Å². The molecule has 0 radical (unpaired) electrons. The average molecular weight is 379 g/mol. The van der Waals surface area contributed by atoms with Crippen molar-refractivity contribution in [3.05, 3.63) is 58.0 Å². The average Bonchev–Trinajstić information content (AvgIpc) is 3.27. The molecule has 4 nitrogen and oxygen atoms in total. The SMILES string of the molecule is Cl.c1cc(C2CNCCN2Cc2csc(-c3ccsc3)n2)ccn1. The van der Waals surface area contributed by atoms with Crippen LogP contribution < -0.4 is 5.32 Å². The second kappa shape index (κ2) is 8.18. The minimum atomic E-state index is 0. The summed E-state index contributed by atoms with van der Waals surface area (Å²) in [6, 6.07) is 6.75. The van der Waals surface area contributed by atoms with Gasteiger partial charge in [-0.25, -0.2) is 4.98 Å². The van der Waals surface area contributed by atoms with Crippen LogP contribution >= 0.6 is 35.1 Å². The van der Waals surface area contributed by atoms with Crippen LogP contribution in [-0.4, -0.2) is 34.5 Å². The lowest BCUT2D eigenvalue weighted by Crippen LogP contribution is -2.45. The smallest absolute Gasteiger partial charge is 0.124 e. The lowest BCUT2D eigenvalue weighted by Gasteiger charge is -2.36. The van der Waals surface area contributed by atoms with Crippen LogP contribution in [0.4, 0.5) is 0 Å². The summed E-state index contributed by atoms with van der Waals surface area (Å²) in [4.78, 5) is 11.5. The van der Waals surface area contributed by atoms with Gasteiger partial charge in [0.25, 0.3) is 0 Å². The van der Waals surface area contributed by atoms with Gasteiger partial charge >= 0.3 is 0 Å². The maximum atomic E-state index is 4.83. The van der Waals surface area contributed by atoms with Gasteiger partial charge in [-0.15, -0.1) is 23.7 Å². The van der Waals surface area contributed by atoms with E-state index in [2.05, 4.69) is 49.5 Å². The number of halogens is 1. The molecule has 1 saturated heterocycles. The van der Waals surface area contributed by atoms with E-state index < -0.39 is 0 Å². The van der Waals surface area contributed by atoms with E-state index in [9.17, 15) is 0 Å². The molecule has 3 aromatic rings. The van der Waals surface area contributed by atoms with Crippen molar-refractivity contribution >= 4 is 35.1 Å². The van der Waals surface area contributed by atoms with Gasteiger partial charge in [0.05, 0.1) is 5.69 Å². The molecule has 1 aliphatic rings. The molecule has 0 aromatic carbocycles. The van der Waals surface area contributed by atoms with E-state index in [0.29, 0.717) is 6.04 Å². The lowest BCUT2D eigenvalue weighted by molar-refractivity contribution is 0.152. The second-order valence-corrected chi connectivity index (χ2v) is 7.27. The Kier molecular flexibility index (Phi) is 5.97. The van der Waals surface area contributed by atoms with Crippen molar-refractivity contribution in [3.8, 4) is 10.6 Å². The maximum Gasteiger partial charge on any atom is 0.124 e. The first-order valence-electron chi connectivity index (χ1n) is 7.72. The Morgan fingerprint density at radius 1 is 1.21 bits per heavy atom. The van der Waals surface area contributed by atoms with Crippen molar-refractivity contribution in [2.75, 3.05) is 19.6 Å². The summed E-state index contributed by atoms with van der Waals surface area (Å²) < 4.78 is 0. The molecule has 126 valence electrons. The zero-order valence-corrected chi connectivity index (χ0v) is 15.5. The third kappa shape index (κ3) is 3.84. The third-order valence-electron chi connectivity index (χ3n) is 4.13. The largest absolute Gasteiger partial charge is 0.314 e. The number of aromatic nitrogens is 2. The molecule has 1 aliphatic heterocycles. The number of rotatable bonds is 4. The van der Waals surface area contributed by atoms with E-state index in [1.807, 2.05) is 12.4 Å². The number of piperazine rings is 1. The topological polar surface area (TPSA) is 41.0 Å². The van der Waals surface area contributed by atoms with Gasteiger partial charge in [0.15, 0.2) is 0 Å². The molecule has 1 N–H and O–H groups in total. The van der Waals surface area contributed by atoms with Crippen LogP contribution in [-0.2, 0) is 6.54 Å². The Labute approximate surface area is 156 Å². The highest BCUT2D eigenvalue weighted by Crippen LogP contribution is 2.28. The Morgan fingerprint density at radius 2 is 2.08 bits per heavy atom. The van der Waals surface area contributed by atoms with Gasteiger partial charge in [-0.05, 0) is 29.1 Å². The van der Waals surface area contributed by atoms with Gasteiger partial charge in [-0.2, -0.15) is 11.3 Å². The monoisotopic (exact) mass is 378 g/mol. The van der Waals surface area contributed by atoms with Crippen molar-refractivity contribution in [1.29, 1.82) is 0 Å². The molecule has 4 heterocycles. The summed E-state index contributed by atoms with van der Waals surface area (Å²) in [5.41, 5.74) is 3.72. The molecule has 7 heteroatoms. The highest BCUT2D eigenvalue weighted by atomic mass is 35.5. The van der Waals surface area contributed by atoms with Crippen LogP contribution in [0.2, 0.25) is 0 Å². The van der Waals surface area contributed by atoms with E-state index in [0.717, 1.165) is 36.9 Å². The standard InChI is InChI=1S/C17H18N4S2.ClH/c1-4-18-5-2-13(1)16-9-19-6-7-21(16)10-15-12-23-17(20-15)14-3-8-22-11-14;/h1-5,8,11-12,16,19H,6-7,9-10H2;1H. The van der Waals surface area contributed by atoms with Crippen molar-refractivity contribution in [3.63, 3.8) is 0 Å². The number of thiophene rings is 1. The molecule has 4 rings (SSSR count). The fourth-order valence-corrected chi connectivity index (χ4v) is 4.48. The second-order valence-electron chi connectivity index (χ2n) is 5.63. The molecule has 3 aromatic heterocycles. The van der Waals surface area contributed by atoms with Crippen molar-refractivity contribution in [2.45, 2.75) is 12.6 Å². The number of thiazole rings is 1. The summed E-state index contributed by atoms with van der Waals surface area (Å²) >= 11 is 3.46. The van der Waals surface area contributed by atoms with E-state index in [-0.39, 0.29) is 12.4 Å². The van der Waals surface area contributed by atoms with Gasteiger partial charge in [-0.1, -0.05) is 0 Å². The van der Waals surface area contributed by atoms with Crippen molar-refractivity contribution in [2.24, 2.45) is 0 Å². The Morgan fingerprint density at radius 3 is 2.88 bits per heavy atom. The number of pyridine rings is 1. The quantitative estimate of drug-likeness (QED) is 0.749. The molecule has 1 atom stereocenters. The molecule has 0 bridgehead atoms. The van der Waals surface area contributed by atoms with Gasteiger partial charge in [0, 0.05) is 60.9 Å². The Balaban J connectivity index is 0.00000169. The van der Waals surface area contributed by atoms with E-state index in [1.165, 1.54) is 11.1 Å².